The maximum atomic E-state index is 12.2. The minimum Gasteiger partial charge on any atom is -0.326 e. The Morgan fingerprint density at radius 1 is 1.05 bits per heavy atom. The maximum absolute atomic E-state index is 12.2. The molecule has 2 nitrogen and oxygen atoms in total. The molecule has 0 atom stereocenters. The molecule has 0 unspecified atom stereocenters. The Balaban J connectivity index is 1.66. The maximum Gasteiger partial charge on any atom is 0.224 e. The van der Waals surface area contributed by atoms with Gasteiger partial charge >= 0.3 is 0 Å². The predicted octanol–water partition coefficient (Wildman–Crippen LogP) is 5.51. The Bertz CT molecular complexity index is 647. The van der Waals surface area contributed by atoms with Crippen LogP contribution in [0.2, 0.25) is 0 Å². The van der Waals surface area contributed by atoms with Crippen molar-refractivity contribution in [2.45, 2.75) is 38.5 Å². The van der Waals surface area contributed by atoms with Gasteiger partial charge < -0.3 is 5.32 Å². The number of nitrogens with one attached hydrogen (secondary N) is 1. The number of carbonyl (C=O) groups is 1. The molecule has 0 aromatic heterocycles. The van der Waals surface area contributed by atoms with Crippen molar-refractivity contribution >= 4 is 38.3 Å². The van der Waals surface area contributed by atoms with Crippen LogP contribution in [0.3, 0.4) is 0 Å². The fourth-order valence-corrected chi connectivity index (χ4v) is 3.54. The monoisotopic (exact) mass is 345 g/mol. The first kappa shape index (κ1) is 14.6. The summed E-state index contributed by atoms with van der Waals surface area (Å²) >= 11 is 3.48. The van der Waals surface area contributed by atoms with E-state index in [2.05, 4.69) is 39.4 Å². The SMILES string of the molecule is O=C(CC1CCCCC1)Nc1ccc2cc(Br)ccc2c1. The number of halogens is 1. The molecule has 1 fully saturated rings. The van der Waals surface area contributed by atoms with Gasteiger partial charge in [0.2, 0.25) is 5.91 Å². The van der Waals surface area contributed by atoms with Crippen molar-refractivity contribution in [3.8, 4) is 0 Å². The number of carbonyl (C=O) groups excluding carboxylic acids is 1. The van der Waals surface area contributed by atoms with Gasteiger partial charge in [-0.2, -0.15) is 0 Å². The van der Waals surface area contributed by atoms with Crippen LogP contribution in [-0.2, 0) is 4.79 Å². The van der Waals surface area contributed by atoms with Crippen molar-refractivity contribution < 1.29 is 4.79 Å². The molecule has 0 radical (unpaired) electrons. The van der Waals surface area contributed by atoms with Gasteiger partial charge in [-0.3, -0.25) is 4.79 Å². The second-order valence-electron chi connectivity index (χ2n) is 5.96. The number of anilines is 1. The Morgan fingerprint density at radius 3 is 2.57 bits per heavy atom. The van der Waals surface area contributed by atoms with E-state index in [1.54, 1.807) is 0 Å². The molecule has 0 aliphatic heterocycles. The molecule has 3 heteroatoms. The largest absolute Gasteiger partial charge is 0.326 e. The van der Waals surface area contributed by atoms with Crippen molar-refractivity contribution in [2.24, 2.45) is 5.92 Å². The molecule has 2 aromatic carbocycles. The first-order valence-corrected chi connectivity index (χ1v) is 8.49. The molecular formula is C18H20BrNO. The molecule has 0 heterocycles. The Hall–Kier alpha value is -1.35. The molecule has 0 saturated heterocycles. The molecule has 1 aliphatic rings. The second-order valence-corrected chi connectivity index (χ2v) is 6.88. The average Bonchev–Trinajstić information content (AvgIpc) is 2.48. The molecule has 110 valence electrons. The zero-order valence-corrected chi connectivity index (χ0v) is 13.7. The highest BCUT2D eigenvalue weighted by Crippen LogP contribution is 2.27. The third-order valence-corrected chi connectivity index (χ3v) is 4.78. The van der Waals surface area contributed by atoms with Gasteiger partial charge in [0.25, 0.3) is 0 Å². The molecule has 1 N–H and O–H groups in total. The topological polar surface area (TPSA) is 29.1 Å². The summed E-state index contributed by atoms with van der Waals surface area (Å²) in [5, 5.41) is 5.37. The first-order valence-electron chi connectivity index (χ1n) is 7.70. The van der Waals surface area contributed by atoms with Gasteiger partial charge in [-0.1, -0.05) is 47.3 Å². The highest BCUT2D eigenvalue weighted by atomic mass is 79.9. The van der Waals surface area contributed by atoms with E-state index in [1.165, 1.54) is 37.5 Å². The van der Waals surface area contributed by atoms with Gasteiger partial charge in [0.15, 0.2) is 0 Å². The Morgan fingerprint density at radius 2 is 1.76 bits per heavy atom. The first-order chi connectivity index (χ1) is 10.2. The summed E-state index contributed by atoms with van der Waals surface area (Å²) in [5.41, 5.74) is 0.894. The lowest BCUT2D eigenvalue weighted by molar-refractivity contribution is -0.117. The molecule has 2 aromatic rings. The summed E-state index contributed by atoms with van der Waals surface area (Å²) in [4.78, 5) is 12.2. The highest BCUT2D eigenvalue weighted by Gasteiger charge is 2.17. The van der Waals surface area contributed by atoms with E-state index in [4.69, 9.17) is 0 Å². The molecule has 0 bridgehead atoms. The van der Waals surface area contributed by atoms with E-state index < -0.39 is 0 Å². The number of hydrogen-bond donors (Lipinski definition) is 1. The lowest BCUT2D eigenvalue weighted by Gasteiger charge is -2.20. The molecule has 0 spiro atoms. The third-order valence-electron chi connectivity index (χ3n) is 4.28. The number of hydrogen-bond acceptors (Lipinski definition) is 1. The second kappa shape index (κ2) is 6.61. The molecule has 1 saturated carbocycles. The third kappa shape index (κ3) is 3.85. The van der Waals surface area contributed by atoms with Crippen LogP contribution in [0, 0.1) is 5.92 Å². The summed E-state index contributed by atoms with van der Waals surface area (Å²) in [5.74, 6) is 0.730. The van der Waals surface area contributed by atoms with Gasteiger partial charge in [0, 0.05) is 16.6 Å². The van der Waals surface area contributed by atoms with Crippen molar-refractivity contribution in [1.29, 1.82) is 0 Å². The normalized spacial score (nSPS) is 16.0. The summed E-state index contributed by atoms with van der Waals surface area (Å²) in [6.45, 7) is 0. The number of amides is 1. The standard InChI is InChI=1S/C18H20BrNO/c19-16-8-6-15-12-17(9-7-14(15)11-16)20-18(21)10-13-4-2-1-3-5-13/h6-9,11-13H,1-5,10H2,(H,20,21). The van der Waals surface area contributed by atoms with E-state index in [0.717, 1.165) is 15.5 Å². The van der Waals surface area contributed by atoms with Crippen LogP contribution in [-0.4, -0.2) is 5.91 Å². The fourth-order valence-electron chi connectivity index (χ4n) is 3.16. The van der Waals surface area contributed by atoms with E-state index >= 15 is 0 Å². The van der Waals surface area contributed by atoms with Crippen LogP contribution in [0.15, 0.2) is 40.9 Å². The zero-order valence-electron chi connectivity index (χ0n) is 12.1. The highest BCUT2D eigenvalue weighted by molar-refractivity contribution is 9.10. The number of rotatable bonds is 3. The smallest absolute Gasteiger partial charge is 0.224 e. The zero-order chi connectivity index (χ0) is 14.7. The van der Waals surface area contributed by atoms with Crippen LogP contribution in [0.4, 0.5) is 5.69 Å². The summed E-state index contributed by atoms with van der Waals surface area (Å²) in [7, 11) is 0. The van der Waals surface area contributed by atoms with Crippen LogP contribution in [0.25, 0.3) is 10.8 Å². The summed E-state index contributed by atoms with van der Waals surface area (Å²) < 4.78 is 1.07. The van der Waals surface area contributed by atoms with Crippen molar-refractivity contribution in [3.63, 3.8) is 0 Å². The van der Waals surface area contributed by atoms with Crippen LogP contribution in [0.5, 0.6) is 0 Å². The van der Waals surface area contributed by atoms with Crippen molar-refractivity contribution in [3.05, 3.63) is 40.9 Å². The van der Waals surface area contributed by atoms with Gasteiger partial charge in [0.1, 0.15) is 0 Å². The molecule has 21 heavy (non-hydrogen) atoms. The van der Waals surface area contributed by atoms with E-state index in [1.807, 2.05) is 18.2 Å². The van der Waals surface area contributed by atoms with E-state index in [0.29, 0.717) is 12.3 Å². The quantitative estimate of drug-likeness (QED) is 0.780. The van der Waals surface area contributed by atoms with Gasteiger partial charge in [0.05, 0.1) is 0 Å². The molecular weight excluding hydrogens is 326 g/mol. The van der Waals surface area contributed by atoms with Gasteiger partial charge in [-0.25, -0.2) is 0 Å². The van der Waals surface area contributed by atoms with Crippen LogP contribution >= 0.6 is 15.9 Å². The molecule has 1 aliphatic carbocycles. The Labute approximate surface area is 134 Å². The minimum absolute atomic E-state index is 0.151. The number of fused-ring (bicyclic) bond motifs is 1. The van der Waals surface area contributed by atoms with Crippen molar-refractivity contribution in [1.82, 2.24) is 0 Å². The average molecular weight is 346 g/mol. The van der Waals surface area contributed by atoms with Crippen molar-refractivity contribution in [2.75, 3.05) is 5.32 Å². The minimum atomic E-state index is 0.151. The Kier molecular flexibility index (Phi) is 4.59. The summed E-state index contributed by atoms with van der Waals surface area (Å²) in [6, 6.07) is 12.2. The lowest BCUT2D eigenvalue weighted by Crippen LogP contribution is -2.18. The van der Waals surface area contributed by atoms with Crippen LogP contribution < -0.4 is 5.32 Å². The van der Waals surface area contributed by atoms with E-state index in [-0.39, 0.29) is 5.91 Å². The van der Waals surface area contributed by atoms with Gasteiger partial charge in [-0.15, -0.1) is 0 Å². The lowest BCUT2D eigenvalue weighted by atomic mass is 9.87. The fraction of sp³-hybridized carbons (Fsp3) is 0.389. The van der Waals surface area contributed by atoms with E-state index in [9.17, 15) is 4.79 Å². The molecule has 3 rings (SSSR count). The molecule has 1 amide bonds. The number of benzene rings is 2. The summed E-state index contributed by atoms with van der Waals surface area (Å²) in [6.07, 6.45) is 6.97. The predicted molar refractivity (Wildman–Crippen MR) is 91.5 cm³/mol. The van der Waals surface area contributed by atoms with Gasteiger partial charge in [-0.05, 0) is 53.8 Å². The van der Waals surface area contributed by atoms with Crippen LogP contribution in [0.1, 0.15) is 38.5 Å².